The van der Waals surface area contributed by atoms with Gasteiger partial charge in [0, 0.05) is 16.7 Å². The van der Waals surface area contributed by atoms with Crippen LogP contribution in [0.2, 0.25) is 0 Å². The zero-order valence-corrected chi connectivity index (χ0v) is 12.7. The fourth-order valence-corrected chi connectivity index (χ4v) is 3.30. The lowest BCUT2D eigenvalue weighted by molar-refractivity contribution is 0.0991. The third-order valence-electron chi connectivity index (χ3n) is 2.69. The van der Waals surface area contributed by atoms with Crippen molar-refractivity contribution < 1.29 is 4.79 Å². The Morgan fingerprint density at radius 3 is 2.72 bits per heavy atom. The van der Waals surface area contributed by atoms with Gasteiger partial charge in [-0.25, -0.2) is 0 Å². The highest BCUT2D eigenvalue weighted by molar-refractivity contribution is 9.10. The number of hydrogen-bond donors (Lipinski definition) is 0. The van der Waals surface area contributed by atoms with E-state index in [1.807, 2.05) is 49.6 Å². The second-order valence-corrected chi connectivity index (χ2v) is 5.76. The molecule has 2 aromatic rings. The highest BCUT2D eigenvalue weighted by atomic mass is 79.9. The summed E-state index contributed by atoms with van der Waals surface area (Å²) in [6.45, 7) is 4.68. The predicted molar refractivity (Wildman–Crippen MR) is 80.5 cm³/mol. The topological polar surface area (TPSA) is 20.3 Å². The predicted octanol–water partition coefficient (Wildman–Crippen LogP) is 4.49. The second kappa shape index (κ2) is 5.67. The highest BCUT2D eigenvalue weighted by Crippen LogP contribution is 2.26. The van der Waals surface area contributed by atoms with E-state index in [-0.39, 0.29) is 5.91 Å². The van der Waals surface area contributed by atoms with Gasteiger partial charge in [-0.1, -0.05) is 12.1 Å². The molecule has 0 atom stereocenters. The van der Waals surface area contributed by atoms with Gasteiger partial charge in [-0.05, 0) is 58.9 Å². The standard InChI is InChI=1S/C14H14BrNOS/c1-3-16(11-6-4-5-10(2)9-11)14(17)13-12(15)7-8-18-13/h4-9H,3H2,1-2H3. The van der Waals surface area contributed by atoms with Gasteiger partial charge >= 0.3 is 0 Å². The van der Waals surface area contributed by atoms with Crippen LogP contribution in [-0.2, 0) is 0 Å². The van der Waals surface area contributed by atoms with Crippen LogP contribution in [0.4, 0.5) is 5.69 Å². The van der Waals surface area contributed by atoms with Gasteiger partial charge in [0.2, 0.25) is 0 Å². The quantitative estimate of drug-likeness (QED) is 0.815. The van der Waals surface area contributed by atoms with Crippen LogP contribution in [0.1, 0.15) is 22.2 Å². The molecule has 0 saturated heterocycles. The van der Waals surface area contributed by atoms with Gasteiger partial charge in [-0.15, -0.1) is 11.3 Å². The first-order chi connectivity index (χ1) is 8.63. The van der Waals surface area contributed by atoms with Gasteiger partial charge in [-0.2, -0.15) is 0 Å². The van der Waals surface area contributed by atoms with Crippen molar-refractivity contribution in [3.63, 3.8) is 0 Å². The molecule has 1 aromatic heterocycles. The molecule has 0 bridgehead atoms. The minimum absolute atomic E-state index is 0.0463. The van der Waals surface area contributed by atoms with Crippen molar-refractivity contribution in [3.05, 3.63) is 50.6 Å². The maximum atomic E-state index is 12.5. The van der Waals surface area contributed by atoms with E-state index in [1.54, 1.807) is 4.90 Å². The summed E-state index contributed by atoms with van der Waals surface area (Å²) in [4.78, 5) is 15.0. The first-order valence-corrected chi connectivity index (χ1v) is 7.42. The Labute approximate surface area is 119 Å². The molecular weight excluding hydrogens is 310 g/mol. The number of halogens is 1. The normalized spacial score (nSPS) is 10.4. The molecule has 94 valence electrons. The number of aryl methyl sites for hydroxylation is 1. The van der Waals surface area contributed by atoms with E-state index in [4.69, 9.17) is 0 Å². The molecule has 2 rings (SSSR count). The first kappa shape index (κ1) is 13.3. The molecule has 1 amide bonds. The molecule has 0 saturated carbocycles. The van der Waals surface area contributed by atoms with Crippen LogP contribution in [0, 0.1) is 6.92 Å². The van der Waals surface area contributed by atoms with E-state index in [9.17, 15) is 4.79 Å². The van der Waals surface area contributed by atoms with Crippen LogP contribution in [0.3, 0.4) is 0 Å². The summed E-state index contributed by atoms with van der Waals surface area (Å²) in [6.07, 6.45) is 0. The Hall–Kier alpha value is -1.13. The summed E-state index contributed by atoms with van der Waals surface area (Å²) in [5, 5.41) is 1.92. The molecular formula is C14H14BrNOS. The van der Waals surface area contributed by atoms with Crippen molar-refractivity contribution in [1.82, 2.24) is 0 Å². The summed E-state index contributed by atoms with van der Waals surface area (Å²) in [6, 6.07) is 9.91. The van der Waals surface area contributed by atoms with Gasteiger partial charge in [0.05, 0.1) is 0 Å². The summed E-state index contributed by atoms with van der Waals surface area (Å²) in [5.74, 6) is 0.0463. The Balaban J connectivity index is 2.35. The number of benzene rings is 1. The van der Waals surface area contributed by atoms with Crippen LogP contribution in [0.5, 0.6) is 0 Å². The van der Waals surface area contributed by atoms with Gasteiger partial charge in [0.25, 0.3) is 5.91 Å². The summed E-state index contributed by atoms with van der Waals surface area (Å²) in [5.41, 5.74) is 2.10. The Kier molecular flexibility index (Phi) is 4.19. The lowest BCUT2D eigenvalue weighted by Gasteiger charge is -2.21. The molecule has 0 aliphatic carbocycles. The summed E-state index contributed by atoms with van der Waals surface area (Å²) >= 11 is 4.88. The molecule has 1 heterocycles. The summed E-state index contributed by atoms with van der Waals surface area (Å²) < 4.78 is 0.864. The molecule has 4 heteroatoms. The van der Waals surface area contributed by atoms with Crippen molar-refractivity contribution in [3.8, 4) is 0 Å². The number of rotatable bonds is 3. The van der Waals surface area contributed by atoms with Gasteiger partial charge < -0.3 is 4.90 Å². The van der Waals surface area contributed by atoms with E-state index in [2.05, 4.69) is 15.9 Å². The Morgan fingerprint density at radius 1 is 1.39 bits per heavy atom. The number of carbonyl (C=O) groups is 1. The number of carbonyl (C=O) groups excluding carboxylic acids is 1. The minimum atomic E-state index is 0.0463. The molecule has 0 radical (unpaired) electrons. The molecule has 1 aromatic carbocycles. The van der Waals surface area contributed by atoms with Crippen LogP contribution in [0.25, 0.3) is 0 Å². The minimum Gasteiger partial charge on any atom is -0.308 e. The SMILES string of the molecule is CCN(C(=O)c1sccc1Br)c1cccc(C)c1. The molecule has 2 nitrogen and oxygen atoms in total. The zero-order chi connectivity index (χ0) is 13.1. The van der Waals surface area contributed by atoms with E-state index >= 15 is 0 Å². The molecule has 18 heavy (non-hydrogen) atoms. The molecule has 0 aliphatic rings. The number of thiophene rings is 1. The van der Waals surface area contributed by atoms with Crippen molar-refractivity contribution in [2.45, 2.75) is 13.8 Å². The van der Waals surface area contributed by atoms with Gasteiger partial charge in [0.1, 0.15) is 4.88 Å². The third kappa shape index (κ3) is 2.65. The fraction of sp³-hybridized carbons (Fsp3) is 0.214. The monoisotopic (exact) mass is 323 g/mol. The maximum Gasteiger partial charge on any atom is 0.269 e. The molecule has 0 unspecified atom stereocenters. The average molecular weight is 324 g/mol. The zero-order valence-electron chi connectivity index (χ0n) is 10.3. The molecule has 0 fully saturated rings. The lowest BCUT2D eigenvalue weighted by Crippen LogP contribution is -2.30. The largest absolute Gasteiger partial charge is 0.308 e. The van der Waals surface area contributed by atoms with Gasteiger partial charge in [-0.3, -0.25) is 4.79 Å². The van der Waals surface area contributed by atoms with Gasteiger partial charge in [0.15, 0.2) is 0 Å². The second-order valence-electron chi connectivity index (χ2n) is 3.99. The smallest absolute Gasteiger partial charge is 0.269 e. The van der Waals surface area contributed by atoms with E-state index in [0.29, 0.717) is 6.54 Å². The molecule has 0 N–H and O–H groups in total. The van der Waals surface area contributed by atoms with Crippen LogP contribution in [-0.4, -0.2) is 12.5 Å². The van der Waals surface area contributed by atoms with E-state index in [0.717, 1.165) is 20.6 Å². The van der Waals surface area contributed by atoms with Crippen molar-refractivity contribution in [2.75, 3.05) is 11.4 Å². The van der Waals surface area contributed by atoms with Crippen molar-refractivity contribution in [1.29, 1.82) is 0 Å². The Morgan fingerprint density at radius 2 is 2.17 bits per heavy atom. The van der Waals surface area contributed by atoms with Crippen molar-refractivity contribution >= 4 is 38.9 Å². The van der Waals surface area contributed by atoms with Crippen LogP contribution >= 0.6 is 27.3 Å². The molecule has 0 spiro atoms. The number of nitrogens with zero attached hydrogens (tertiary/aromatic N) is 1. The van der Waals surface area contributed by atoms with Crippen LogP contribution < -0.4 is 4.90 Å². The van der Waals surface area contributed by atoms with E-state index < -0.39 is 0 Å². The number of amides is 1. The molecule has 0 aliphatic heterocycles. The lowest BCUT2D eigenvalue weighted by atomic mass is 10.2. The summed E-state index contributed by atoms with van der Waals surface area (Å²) in [7, 11) is 0. The fourth-order valence-electron chi connectivity index (χ4n) is 1.81. The van der Waals surface area contributed by atoms with Crippen molar-refractivity contribution in [2.24, 2.45) is 0 Å². The maximum absolute atomic E-state index is 12.5. The average Bonchev–Trinajstić information content (AvgIpc) is 2.76. The number of hydrogen-bond acceptors (Lipinski definition) is 2. The van der Waals surface area contributed by atoms with Crippen LogP contribution in [0.15, 0.2) is 40.2 Å². The first-order valence-electron chi connectivity index (χ1n) is 5.75. The third-order valence-corrected chi connectivity index (χ3v) is 4.51. The number of anilines is 1. The van der Waals surface area contributed by atoms with E-state index in [1.165, 1.54) is 11.3 Å². The highest BCUT2D eigenvalue weighted by Gasteiger charge is 2.19. The Bertz CT molecular complexity index is 564.